The van der Waals surface area contributed by atoms with E-state index in [-0.39, 0.29) is 22.1 Å². The van der Waals surface area contributed by atoms with Crippen LogP contribution in [0.1, 0.15) is 5.76 Å². The Morgan fingerprint density at radius 3 is 2.42 bits per heavy atom. The van der Waals surface area contributed by atoms with Crippen molar-refractivity contribution in [3.63, 3.8) is 0 Å². The third-order valence-electron chi connectivity index (χ3n) is 3.41. The van der Waals surface area contributed by atoms with Crippen LogP contribution in [0, 0.1) is 10.1 Å². The van der Waals surface area contributed by atoms with E-state index in [0.717, 1.165) is 0 Å². The minimum Gasteiger partial charge on any atom is -0.455 e. The smallest absolute Gasteiger partial charge is 0.280 e. The molecule has 1 aromatic heterocycles. The SMILES string of the molecule is O=[N+]([O-])c1ccccc1-c1ccc(/C=N\NS(=O)(=O)c2ccccc2)o1. The lowest BCUT2D eigenvalue weighted by atomic mass is 10.1. The molecule has 1 N–H and O–H groups in total. The Hall–Kier alpha value is -3.46. The van der Waals surface area contributed by atoms with Crippen LogP contribution in [0.5, 0.6) is 0 Å². The van der Waals surface area contributed by atoms with E-state index in [1.165, 1.54) is 30.5 Å². The second-order valence-electron chi connectivity index (χ2n) is 5.14. The molecular formula is C17H13N3O5S. The van der Waals surface area contributed by atoms with Crippen LogP contribution < -0.4 is 4.83 Å². The van der Waals surface area contributed by atoms with Crippen molar-refractivity contribution in [2.75, 3.05) is 0 Å². The Labute approximate surface area is 149 Å². The van der Waals surface area contributed by atoms with E-state index in [4.69, 9.17) is 4.42 Å². The second kappa shape index (κ2) is 7.19. The topological polar surface area (TPSA) is 115 Å². The van der Waals surface area contributed by atoms with Gasteiger partial charge in [0.25, 0.3) is 15.7 Å². The summed E-state index contributed by atoms with van der Waals surface area (Å²) in [4.78, 5) is 12.7. The lowest BCUT2D eigenvalue weighted by Crippen LogP contribution is -2.18. The van der Waals surface area contributed by atoms with E-state index in [1.54, 1.807) is 42.5 Å². The van der Waals surface area contributed by atoms with E-state index in [0.29, 0.717) is 5.56 Å². The van der Waals surface area contributed by atoms with Crippen LogP contribution in [0.15, 0.2) is 81.1 Å². The third-order valence-corrected chi connectivity index (χ3v) is 4.65. The molecule has 0 atom stereocenters. The molecule has 9 heteroatoms. The molecule has 3 aromatic rings. The summed E-state index contributed by atoms with van der Waals surface area (Å²) in [6.45, 7) is 0. The quantitative estimate of drug-likeness (QED) is 0.406. The standard InChI is InChI=1S/C17H13N3O5S/c21-20(22)16-9-5-4-8-15(16)17-11-10-13(25-17)12-18-19-26(23,24)14-6-2-1-3-7-14/h1-12,19H/b18-12-. The molecule has 0 fully saturated rings. The number of hydrazone groups is 1. The molecule has 0 unspecified atom stereocenters. The minimum absolute atomic E-state index is 0.0807. The molecule has 3 rings (SSSR count). The Morgan fingerprint density at radius 2 is 1.69 bits per heavy atom. The molecule has 0 aliphatic heterocycles. The van der Waals surface area contributed by atoms with Crippen molar-refractivity contribution in [2.24, 2.45) is 5.10 Å². The maximum Gasteiger partial charge on any atom is 0.280 e. The van der Waals surface area contributed by atoms with Crippen molar-refractivity contribution in [3.05, 3.63) is 82.6 Å². The first-order valence-corrected chi connectivity index (χ1v) is 8.89. The predicted molar refractivity (Wildman–Crippen MR) is 95.2 cm³/mol. The van der Waals surface area contributed by atoms with Gasteiger partial charge in [0.2, 0.25) is 0 Å². The third kappa shape index (κ3) is 3.78. The first kappa shape index (κ1) is 17.4. The summed E-state index contributed by atoms with van der Waals surface area (Å²) in [5.41, 5.74) is 0.233. The van der Waals surface area contributed by atoms with Crippen molar-refractivity contribution in [1.29, 1.82) is 0 Å². The predicted octanol–water partition coefficient (Wildman–Crippen LogP) is 3.17. The largest absolute Gasteiger partial charge is 0.455 e. The molecule has 0 amide bonds. The van der Waals surface area contributed by atoms with Gasteiger partial charge in [-0.3, -0.25) is 10.1 Å². The average molecular weight is 371 g/mol. The summed E-state index contributed by atoms with van der Waals surface area (Å²) < 4.78 is 29.6. The molecule has 132 valence electrons. The van der Waals surface area contributed by atoms with E-state index < -0.39 is 14.9 Å². The van der Waals surface area contributed by atoms with E-state index in [9.17, 15) is 18.5 Å². The number of rotatable bonds is 6. The van der Waals surface area contributed by atoms with Gasteiger partial charge in [0.05, 0.1) is 21.6 Å². The van der Waals surface area contributed by atoms with Crippen LogP contribution >= 0.6 is 0 Å². The number of hydrogen-bond acceptors (Lipinski definition) is 6. The fourth-order valence-electron chi connectivity index (χ4n) is 2.22. The van der Waals surface area contributed by atoms with Gasteiger partial charge >= 0.3 is 0 Å². The number of furan rings is 1. The molecule has 0 aliphatic carbocycles. The molecule has 0 saturated heterocycles. The normalized spacial score (nSPS) is 11.5. The van der Waals surface area contributed by atoms with Crippen molar-refractivity contribution in [3.8, 4) is 11.3 Å². The van der Waals surface area contributed by atoms with Gasteiger partial charge in [-0.25, -0.2) is 0 Å². The van der Waals surface area contributed by atoms with Crippen molar-refractivity contribution in [2.45, 2.75) is 4.90 Å². The maximum absolute atomic E-state index is 12.0. The Kier molecular flexibility index (Phi) is 4.81. The second-order valence-corrected chi connectivity index (χ2v) is 6.80. The highest BCUT2D eigenvalue weighted by atomic mass is 32.2. The summed E-state index contributed by atoms with van der Waals surface area (Å²) >= 11 is 0. The highest BCUT2D eigenvalue weighted by Crippen LogP contribution is 2.30. The number of hydrogen-bond donors (Lipinski definition) is 1. The molecule has 0 aliphatic rings. The highest BCUT2D eigenvalue weighted by molar-refractivity contribution is 7.89. The summed E-state index contributed by atoms with van der Waals surface area (Å²) in [5.74, 6) is 0.526. The van der Waals surface area contributed by atoms with E-state index in [1.807, 2.05) is 0 Å². The van der Waals surface area contributed by atoms with Gasteiger partial charge < -0.3 is 4.42 Å². The van der Waals surface area contributed by atoms with Crippen LogP contribution in [0.25, 0.3) is 11.3 Å². The van der Waals surface area contributed by atoms with Crippen molar-refractivity contribution in [1.82, 2.24) is 4.83 Å². The van der Waals surface area contributed by atoms with Gasteiger partial charge in [0, 0.05) is 6.07 Å². The lowest BCUT2D eigenvalue weighted by molar-refractivity contribution is -0.384. The Balaban J connectivity index is 1.77. The zero-order chi connectivity index (χ0) is 18.6. The average Bonchev–Trinajstić information content (AvgIpc) is 3.11. The molecule has 0 radical (unpaired) electrons. The van der Waals surface area contributed by atoms with Crippen LogP contribution in [-0.4, -0.2) is 19.6 Å². The summed E-state index contributed by atoms with van der Waals surface area (Å²) in [6, 6.07) is 17.0. The zero-order valence-corrected chi connectivity index (χ0v) is 14.1. The Bertz CT molecular complexity index is 1060. The summed E-state index contributed by atoms with van der Waals surface area (Å²) in [5, 5.41) is 14.7. The molecule has 0 saturated carbocycles. The van der Waals surface area contributed by atoms with Crippen LogP contribution in [0.3, 0.4) is 0 Å². The number of benzene rings is 2. The fourth-order valence-corrected chi connectivity index (χ4v) is 3.03. The molecular weight excluding hydrogens is 358 g/mol. The van der Waals surface area contributed by atoms with Gasteiger partial charge in [0.15, 0.2) is 0 Å². The molecule has 8 nitrogen and oxygen atoms in total. The number of sulfonamides is 1. The van der Waals surface area contributed by atoms with Crippen molar-refractivity contribution >= 4 is 21.9 Å². The maximum atomic E-state index is 12.0. The lowest BCUT2D eigenvalue weighted by Gasteiger charge is -2.01. The molecule has 0 bridgehead atoms. The van der Waals surface area contributed by atoms with E-state index >= 15 is 0 Å². The fraction of sp³-hybridized carbons (Fsp3) is 0. The number of para-hydroxylation sites is 1. The highest BCUT2D eigenvalue weighted by Gasteiger charge is 2.17. The van der Waals surface area contributed by atoms with Gasteiger partial charge in [-0.15, -0.1) is 0 Å². The number of nitro groups is 1. The molecule has 2 aromatic carbocycles. The first-order valence-electron chi connectivity index (χ1n) is 7.41. The minimum atomic E-state index is -3.77. The van der Waals surface area contributed by atoms with Crippen LogP contribution in [0.2, 0.25) is 0 Å². The first-order chi connectivity index (χ1) is 12.5. The molecule has 0 spiro atoms. The van der Waals surface area contributed by atoms with Crippen molar-refractivity contribution < 1.29 is 17.8 Å². The monoisotopic (exact) mass is 371 g/mol. The van der Waals surface area contributed by atoms with Crippen LogP contribution in [0.4, 0.5) is 5.69 Å². The zero-order valence-electron chi connectivity index (χ0n) is 13.3. The summed E-state index contributed by atoms with van der Waals surface area (Å²) in [6.07, 6.45) is 1.18. The van der Waals surface area contributed by atoms with Gasteiger partial charge in [-0.2, -0.15) is 18.4 Å². The van der Waals surface area contributed by atoms with Gasteiger partial charge in [-0.05, 0) is 30.3 Å². The number of nitro benzene ring substituents is 1. The number of nitrogens with one attached hydrogen (secondary N) is 1. The van der Waals surface area contributed by atoms with Gasteiger partial charge in [-0.1, -0.05) is 30.3 Å². The molecule has 26 heavy (non-hydrogen) atoms. The number of nitrogens with zero attached hydrogens (tertiary/aromatic N) is 2. The van der Waals surface area contributed by atoms with Gasteiger partial charge in [0.1, 0.15) is 11.5 Å². The molecule has 1 heterocycles. The Morgan fingerprint density at radius 1 is 1.00 bits per heavy atom. The summed E-state index contributed by atoms with van der Waals surface area (Å²) in [7, 11) is -3.77. The van der Waals surface area contributed by atoms with Crippen LogP contribution in [-0.2, 0) is 10.0 Å². The van der Waals surface area contributed by atoms with E-state index in [2.05, 4.69) is 9.93 Å².